The summed E-state index contributed by atoms with van der Waals surface area (Å²) in [5.41, 5.74) is 3.09. The Morgan fingerprint density at radius 1 is 0.821 bits per heavy atom. The Bertz CT molecular complexity index is 783. The number of hydrogen-bond acceptors (Lipinski definition) is 2. The van der Waals surface area contributed by atoms with Gasteiger partial charge in [0.2, 0.25) is 0 Å². The minimum Gasteiger partial charge on any atom is -0.352 e. The molecule has 3 rings (SSSR count). The van der Waals surface area contributed by atoms with Crippen LogP contribution in [0.2, 0.25) is 5.02 Å². The Balaban J connectivity index is 1.21. The lowest BCUT2D eigenvalue weighted by Crippen LogP contribution is -2.36. The summed E-state index contributed by atoms with van der Waals surface area (Å²) in [4.78, 5) is 26.1. The molecule has 0 saturated heterocycles. The summed E-state index contributed by atoms with van der Waals surface area (Å²) in [6.45, 7) is 2.72. The average Bonchev–Trinajstić information content (AvgIpc) is 3.14. The number of urea groups is 1. The van der Waals surface area contributed by atoms with Gasteiger partial charge in [-0.05, 0) is 48.2 Å². The van der Waals surface area contributed by atoms with Crippen molar-refractivity contribution < 1.29 is 9.59 Å². The maximum atomic E-state index is 12.2. The number of amides is 3. The molecule has 0 bridgehead atoms. The summed E-state index contributed by atoms with van der Waals surface area (Å²) in [7, 11) is 0. The summed E-state index contributed by atoms with van der Waals surface area (Å²) in [5.74, 6) is -0.0736. The molecule has 148 valence electrons. The standard InChI is InChI=1S/C22H26ClN3O2/c23-20-11-9-17(10-12-20)21(27)24-13-5-1-2-6-14-25-22(28)26-15-18-7-3-4-8-19(18)16-26/h3-4,7-12H,1-2,5-6,13-16H2,(H,24,27)(H,25,28). The highest BCUT2D eigenvalue weighted by molar-refractivity contribution is 6.30. The molecule has 2 aromatic rings. The van der Waals surface area contributed by atoms with Crippen LogP contribution in [-0.4, -0.2) is 29.9 Å². The van der Waals surface area contributed by atoms with E-state index in [0.29, 0.717) is 36.8 Å². The van der Waals surface area contributed by atoms with Gasteiger partial charge in [-0.15, -0.1) is 0 Å². The zero-order valence-corrected chi connectivity index (χ0v) is 16.7. The van der Waals surface area contributed by atoms with Crippen LogP contribution in [-0.2, 0) is 13.1 Å². The van der Waals surface area contributed by atoms with Gasteiger partial charge in [0.25, 0.3) is 5.91 Å². The first-order chi connectivity index (χ1) is 13.6. The van der Waals surface area contributed by atoms with Crippen LogP contribution in [0.15, 0.2) is 48.5 Å². The molecule has 1 heterocycles. The van der Waals surface area contributed by atoms with Gasteiger partial charge in [0.05, 0.1) is 0 Å². The number of halogens is 1. The summed E-state index contributed by atoms with van der Waals surface area (Å²) in [5, 5.41) is 6.54. The van der Waals surface area contributed by atoms with Crippen molar-refractivity contribution in [3.05, 3.63) is 70.2 Å². The fourth-order valence-corrected chi connectivity index (χ4v) is 3.42. The second kappa shape index (κ2) is 10.1. The number of carbonyl (C=O) groups excluding carboxylic acids is 2. The number of nitrogens with one attached hydrogen (secondary N) is 2. The van der Waals surface area contributed by atoms with Gasteiger partial charge in [-0.3, -0.25) is 4.79 Å². The van der Waals surface area contributed by atoms with Crippen LogP contribution in [0.3, 0.4) is 0 Å². The van der Waals surface area contributed by atoms with Crippen LogP contribution < -0.4 is 10.6 Å². The van der Waals surface area contributed by atoms with Gasteiger partial charge in [-0.2, -0.15) is 0 Å². The van der Waals surface area contributed by atoms with Gasteiger partial charge in [0, 0.05) is 36.8 Å². The fraction of sp³-hybridized carbons (Fsp3) is 0.364. The van der Waals surface area contributed by atoms with E-state index < -0.39 is 0 Å². The number of nitrogens with zero attached hydrogens (tertiary/aromatic N) is 1. The van der Waals surface area contributed by atoms with Crippen LogP contribution in [0.4, 0.5) is 4.79 Å². The number of rotatable bonds is 8. The molecule has 0 saturated carbocycles. The lowest BCUT2D eigenvalue weighted by molar-refractivity contribution is 0.0953. The number of benzene rings is 2. The predicted octanol–water partition coefficient (Wildman–Crippen LogP) is 4.36. The van der Waals surface area contributed by atoms with Crippen LogP contribution >= 0.6 is 11.6 Å². The first-order valence-electron chi connectivity index (χ1n) is 9.77. The van der Waals surface area contributed by atoms with Crippen molar-refractivity contribution in [1.29, 1.82) is 0 Å². The summed E-state index contributed by atoms with van der Waals surface area (Å²) < 4.78 is 0. The highest BCUT2D eigenvalue weighted by atomic mass is 35.5. The van der Waals surface area contributed by atoms with E-state index in [9.17, 15) is 9.59 Å². The molecule has 6 heteroatoms. The van der Waals surface area contributed by atoms with Gasteiger partial charge < -0.3 is 15.5 Å². The van der Waals surface area contributed by atoms with E-state index in [1.807, 2.05) is 17.0 Å². The largest absolute Gasteiger partial charge is 0.352 e. The van der Waals surface area contributed by atoms with E-state index in [-0.39, 0.29) is 11.9 Å². The van der Waals surface area contributed by atoms with E-state index >= 15 is 0 Å². The van der Waals surface area contributed by atoms with Crippen molar-refractivity contribution in [2.45, 2.75) is 38.8 Å². The smallest absolute Gasteiger partial charge is 0.318 e. The van der Waals surface area contributed by atoms with Crippen LogP contribution in [0, 0.1) is 0 Å². The van der Waals surface area contributed by atoms with E-state index in [4.69, 9.17) is 11.6 Å². The molecule has 0 spiro atoms. The van der Waals surface area contributed by atoms with Crippen molar-refractivity contribution in [3.63, 3.8) is 0 Å². The quantitative estimate of drug-likeness (QED) is 0.648. The Kier molecular flexibility index (Phi) is 7.31. The number of fused-ring (bicyclic) bond motifs is 1. The summed E-state index contributed by atoms with van der Waals surface area (Å²) in [6.07, 6.45) is 3.91. The molecular weight excluding hydrogens is 374 g/mol. The third-order valence-electron chi connectivity index (χ3n) is 4.90. The van der Waals surface area contributed by atoms with Crippen molar-refractivity contribution in [1.82, 2.24) is 15.5 Å². The summed E-state index contributed by atoms with van der Waals surface area (Å²) in [6, 6.07) is 15.1. The molecule has 5 nitrogen and oxygen atoms in total. The van der Waals surface area contributed by atoms with E-state index in [1.165, 1.54) is 11.1 Å². The maximum Gasteiger partial charge on any atom is 0.318 e. The Labute approximate surface area is 171 Å². The minimum absolute atomic E-state index is 0.00595. The third-order valence-corrected chi connectivity index (χ3v) is 5.15. The molecule has 0 aliphatic carbocycles. The van der Waals surface area contributed by atoms with Crippen molar-refractivity contribution in [2.75, 3.05) is 13.1 Å². The van der Waals surface area contributed by atoms with Crippen LogP contribution in [0.25, 0.3) is 0 Å². The highest BCUT2D eigenvalue weighted by Gasteiger charge is 2.22. The van der Waals surface area contributed by atoms with Gasteiger partial charge in [0.1, 0.15) is 0 Å². The second-order valence-corrected chi connectivity index (χ2v) is 7.47. The number of carbonyl (C=O) groups is 2. The van der Waals surface area contributed by atoms with E-state index in [2.05, 4.69) is 22.8 Å². The molecule has 3 amide bonds. The molecule has 28 heavy (non-hydrogen) atoms. The lowest BCUT2D eigenvalue weighted by Gasteiger charge is -2.16. The van der Waals surface area contributed by atoms with Gasteiger partial charge in [-0.25, -0.2) is 4.79 Å². The first-order valence-corrected chi connectivity index (χ1v) is 10.1. The minimum atomic E-state index is -0.0736. The van der Waals surface area contributed by atoms with Crippen LogP contribution in [0.5, 0.6) is 0 Å². The topological polar surface area (TPSA) is 61.4 Å². The second-order valence-electron chi connectivity index (χ2n) is 7.03. The molecule has 0 atom stereocenters. The zero-order valence-electron chi connectivity index (χ0n) is 15.9. The van der Waals surface area contributed by atoms with Gasteiger partial charge in [0.15, 0.2) is 0 Å². The third kappa shape index (κ3) is 5.73. The summed E-state index contributed by atoms with van der Waals surface area (Å²) >= 11 is 5.82. The van der Waals surface area contributed by atoms with Crippen molar-refractivity contribution >= 4 is 23.5 Å². The van der Waals surface area contributed by atoms with Crippen molar-refractivity contribution in [2.24, 2.45) is 0 Å². The zero-order chi connectivity index (χ0) is 19.8. The molecule has 2 N–H and O–H groups in total. The first kappa shape index (κ1) is 20.2. The molecule has 2 aromatic carbocycles. The average molecular weight is 400 g/mol. The number of unbranched alkanes of at least 4 members (excludes halogenated alkanes) is 3. The Hall–Kier alpha value is -2.53. The van der Waals surface area contributed by atoms with Crippen molar-refractivity contribution in [3.8, 4) is 0 Å². The predicted molar refractivity (Wildman–Crippen MR) is 111 cm³/mol. The molecule has 0 radical (unpaired) electrons. The molecule has 1 aliphatic rings. The monoisotopic (exact) mass is 399 g/mol. The molecule has 1 aliphatic heterocycles. The van der Waals surface area contributed by atoms with Gasteiger partial charge in [-0.1, -0.05) is 48.7 Å². The van der Waals surface area contributed by atoms with Gasteiger partial charge >= 0.3 is 6.03 Å². The van der Waals surface area contributed by atoms with E-state index in [1.54, 1.807) is 24.3 Å². The van der Waals surface area contributed by atoms with Crippen LogP contribution in [0.1, 0.15) is 47.2 Å². The van der Waals surface area contributed by atoms with E-state index in [0.717, 1.165) is 25.7 Å². The fourth-order valence-electron chi connectivity index (χ4n) is 3.29. The highest BCUT2D eigenvalue weighted by Crippen LogP contribution is 2.21. The maximum absolute atomic E-state index is 12.2. The Morgan fingerprint density at radius 3 is 2.00 bits per heavy atom. The molecule has 0 unspecified atom stereocenters. The molecular formula is C22H26ClN3O2. The Morgan fingerprint density at radius 2 is 1.39 bits per heavy atom. The molecule has 0 aromatic heterocycles. The normalized spacial score (nSPS) is 12.5. The SMILES string of the molecule is O=C(NCCCCCCNC(=O)N1Cc2ccccc2C1)c1ccc(Cl)cc1. The molecule has 0 fully saturated rings. The lowest BCUT2D eigenvalue weighted by atomic mass is 10.1. The number of hydrogen-bond donors (Lipinski definition) is 2.